The lowest BCUT2D eigenvalue weighted by molar-refractivity contribution is 0.262. The minimum Gasteiger partial charge on any atom is -0.497 e. The first-order valence-electron chi connectivity index (χ1n) is 10.2. The van der Waals surface area contributed by atoms with Crippen molar-refractivity contribution in [2.75, 3.05) is 42.8 Å². The van der Waals surface area contributed by atoms with Gasteiger partial charge in [-0.25, -0.2) is 9.59 Å². The Labute approximate surface area is 180 Å². The zero-order valence-corrected chi connectivity index (χ0v) is 18.2. The fourth-order valence-corrected chi connectivity index (χ4v) is 4.02. The Kier molecular flexibility index (Phi) is 5.50. The molecule has 0 aliphatic carbocycles. The van der Waals surface area contributed by atoms with E-state index in [0.29, 0.717) is 22.9 Å². The van der Waals surface area contributed by atoms with E-state index in [1.807, 2.05) is 12.1 Å². The Bertz CT molecular complexity index is 1170. The van der Waals surface area contributed by atoms with E-state index < -0.39 is 6.03 Å². The van der Waals surface area contributed by atoms with Gasteiger partial charge in [-0.05, 0) is 25.0 Å². The number of benzene rings is 2. The minimum absolute atomic E-state index is 0.104. The summed E-state index contributed by atoms with van der Waals surface area (Å²) in [7, 11) is 6.60. The molecule has 0 unspecified atom stereocenters. The number of fused-ring (bicyclic) bond motifs is 1. The Morgan fingerprint density at radius 2 is 1.45 bits per heavy atom. The number of urea groups is 1. The fourth-order valence-electron chi connectivity index (χ4n) is 4.02. The van der Waals surface area contributed by atoms with Gasteiger partial charge in [0.25, 0.3) is 0 Å². The van der Waals surface area contributed by atoms with Crippen molar-refractivity contribution in [3.05, 3.63) is 40.8 Å². The monoisotopic (exact) mass is 425 g/mol. The van der Waals surface area contributed by atoms with Gasteiger partial charge in [0.1, 0.15) is 11.5 Å². The first-order chi connectivity index (χ1) is 14.9. The summed E-state index contributed by atoms with van der Waals surface area (Å²) in [6, 6.07) is 8.61. The Morgan fingerprint density at radius 1 is 0.871 bits per heavy atom. The molecule has 1 aliphatic rings. The van der Waals surface area contributed by atoms with Crippen molar-refractivity contribution < 1.29 is 14.3 Å². The molecule has 1 aromatic heterocycles. The third-order valence-corrected chi connectivity index (χ3v) is 5.69. The number of aryl methyl sites for hydroxylation is 2. The summed E-state index contributed by atoms with van der Waals surface area (Å²) in [6.07, 6.45) is 2.20. The summed E-state index contributed by atoms with van der Waals surface area (Å²) in [5.74, 6) is 1.15. The van der Waals surface area contributed by atoms with Crippen molar-refractivity contribution in [1.29, 1.82) is 0 Å². The summed E-state index contributed by atoms with van der Waals surface area (Å²) in [5.41, 5.74) is 3.59. The normalized spacial score (nSPS) is 13.5. The molecule has 9 nitrogen and oxygen atoms in total. The Hall–Kier alpha value is -3.62. The van der Waals surface area contributed by atoms with E-state index in [1.54, 1.807) is 55.6 Å². The molecule has 2 amide bonds. The molecule has 0 saturated carbocycles. The number of carbonyl (C=O) groups is 1. The van der Waals surface area contributed by atoms with Crippen LogP contribution in [0, 0.1) is 0 Å². The molecule has 2 heterocycles. The van der Waals surface area contributed by atoms with Crippen molar-refractivity contribution in [2.24, 2.45) is 14.1 Å². The molecular weight excluding hydrogens is 398 g/mol. The van der Waals surface area contributed by atoms with Gasteiger partial charge in [0.15, 0.2) is 0 Å². The molecule has 2 aromatic carbocycles. The van der Waals surface area contributed by atoms with Gasteiger partial charge in [0, 0.05) is 51.1 Å². The molecule has 0 bridgehead atoms. The van der Waals surface area contributed by atoms with E-state index in [4.69, 9.17) is 9.47 Å². The summed E-state index contributed by atoms with van der Waals surface area (Å²) in [4.78, 5) is 27.5. The van der Waals surface area contributed by atoms with Crippen LogP contribution in [-0.4, -0.2) is 42.5 Å². The third kappa shape index (κ3) is 3.90. The lowest BCUT2D eigenvalue weighted by atomic mass is 10.2. The number of methoxy groups -OCH3 is 2. The van der Waals surface area contributed by atoms with Crippen LogP contribution >= 0.6 is 0 Å². The summed E-state index contributed by atoms with van der Waals surface area (Å²) in [5, 5.41) is 5.80. The molecule has 1 aliphatic heterocycles. The number of imidazole rings is 1. The average molecular weight is 425 g/mol. The number of aromatic nitrogens is 2. The highest BCUT2D eigenvalue weighted by Gasteiger charge is 2.20. The van der Waals surface area contributed by atoms with Crippen LogP contribution in [0.15, 0.2) is 35.1 Å². The van der Waals surface area contributed by atoms with Gasteiger partial charge in [0.05, 0.1) is 36.6 Å². The number of nitrogens with zero attached hydrogens (tertiary/aromatic N) is 3. The van der Waals surface area contributed by atoms with E-state index in [2.05, 4.69) is 15.5 Å². The standard InChI is InChI=1S/C22H27N5O4/c1-25-19-12-17(18(27-7-5-6-8-27)13-20(19)26(2)22(25)29)24-21(28)23-14-9-15(30-3)11-16(10-14)31-4/h9-13H,5-8H2,1-4H3,(H2,23,24,28). The lowest BCUT2D eigenvalue weighted by Crippen LogP contribution is -2.24. The highest BCUT2D eigenvalue weighted by Crippen LogP contribution is 2.33. The van der Waals surface area contributed by atoms with Crippen LogP contribution in [0.25, 0.3) is 11.0 Å². The number of amides is 2. The van der Waals surface area contributed by atoms with Gasteiger partial charge in [-0.2, -0.15) is 0 Å². The maximum Gasteiger partial charge on any atom is 0.328 e. The second-order valence-corrected chi connectivity index (χ2v) is 7.63. The zero-order valence-electron chi connectivity index (χ0n) is 18.2. The molecule has 4 rings (SSSR count). The number of carbonyl (C=O) groups excluding carboxylic acids is 1. The molecular formula is C22H27N5O4. The topological polar surface area (TPSA) is 89.8 Å². The van der Waals surface area contributed by atoms with Gasteiger partial charge < -0.3 is 25.0 Å². The molecule has 31 heavy (non-hydrogen) atoms. The second kappa shape index (κ2) is 8.25. The minimum atomic E-state index is -0.393. The second-order valence-electron chi connectivity index (χ2n) is 7.63. The highest BCUT2D eigenvalue weighted by atomic mass is 16.5. The van der Waals surface area contributed by atoms with Gasteiger partial charge >= 0.3 is 11.7 Å². The average Bonchev–Trinajstić information content (AvgIpc) is 3.37. The van der Waals surface area contributed by atoms with Gasteiger partial charge in [0.2, 0.25) is 0 Å². The zero-order chi connectivity index (χ0) is 22.1. The molecule has 1 fully saturated rings. The van der Waals surface area contributed by atoms with Crippen molar-refractivity contribution in [3.8, 4) is 11.5 Å². The molecule has 0 spiro atoms. The SMILES string of the molecule is COc1cc(NC(=O)Nc2cc3c(cc2N2CCCC2)n(C)c(=O)n3C)cc(OC)c1. The van der Waals surface area contributed by atoms with E-state index in [1.165, 1.54) is 0 Å². The molecule has 2 N–H and O–H groups in total. The predicted molar refractivity (Wildman–Crippen MR) is 122 cm³/mol. The predicted octanol–water partition coefficient (Wildman–Crippen LogP) is 3.14. The maximum absolute atomic E-state index is 12.8. The third-order valence-electron chi connectivity index (χ3n) is 5.69. The quantitative estimate of drug-likeness (QED) is 0.656. The van der Waals surface area contributed by atoms with Gasteiger partial charge in [-0.15, -0.1) is 0 Å². The van der Waals surface area contributed by atoms with Crippen LogP contribution in [0.1, 0.15) is 12.8 Å². The van der Waals surface area contributed by atoms with Crippen molar-refractivity contribution >= 4 is 34.1 Å². The molecule has 1 saturated heterocycles. The summed E-state index contributed by atoms with van der Waals surface area (Å²) < 4.78 is 13.7. The number of hydrogen-bond donors (Lipinski definition) is 2. The molecule has 9 heteroatoms. The van der Waals surface area contributed by atoms with Crippen LogP contribution < -0.4 is 30.7 Å². The molecule has 0 radical (unpaired) electrons. The van der Waals surface area contributed by atoms with Crippen LogP contribution in [0.4, 0.5) is 21.9 Å². The molecule has 164 valence electrons. The fraction of sp³-hybridized carbons (Fsp3) is 0.364. The van der Waals surface area contributed by atoms with E-state index in [9.17, 15) is 9.59 Å². The van der Waals surface area contributed by atoms with Crippen LogP contribution in [-0.2, 0) is 14.1 Å². The summed E-state index contributed by atoms with van der Waals surface area (Å²) in [6.45, 7) is 1.82. The van der Waals surface area contributed by atoms with Crippen molar-refractivity contribution in [2.45, 2.75) is 12.8 Å². The first kappa shape index (κ1) is 20.6. The number of anilines is 3. The van der Waals surface area contributed by atoms with E-state index in [0.717, 1.165) is 42.7 Å². The van der Waals surface area contributed by atoms with E-state index >= 15 is 0 Å². The maximum atomic E-state index is 12.8. The largest absolute Gasteiger partial charge is 0.497 e. The van der Waals surface area contributed by atoms with Gasteiger partial charge in [-0.3, -0.25) is 9.13 Å². The number of nitrogens with one attached hydrogen (secondary N) is 2. The Morgan fingerprint density at radius 3 is 2.03 bits per heavy atom. The number of hydrogen-bond acceptors (Lipinski definition) is 5. The highest BCUT2D eigenvalue weighted by molar-refractivity contribution is 6.04. The van der Waals surface area contributed by atoms with Crippen molar-refractivity contribution in [1.82, 2.24) is 9.13 Å². The number of ether oxygens (including phenoxy) is 2. The molecule has 0 atom stereocenters. The molecule has 3 aromatic rings. The smallest absolute Gasteiger partial charge is 0.328 e. The van der Waals surface area contributed by atoms with E-state index in [-0.39, 0.29) is 5.69 Å². The summed E-state index contributed by atoms with van der Waals surface area (Å²) >= 11 is 0. The lowest BCUT2D eigenvalue weighted by Gasteiger charge is -2.22. The first-order valence-corrected chi connectivity index (χ1v) is 10.2. The van der Waals surface area contributed by atoms with Crippen LogP contribution in [0.3, 0.4) is 0 Å². The Balaban J connectivity index is 1.68. The van der Waals surface area contributed by atoms with Crippen molar-refractivity contribution in [3.63, 3.8) is 0 Å². The number of rotatable bonds is 5. The van der Waals surface area contributed by atoms with Gasteiger partial charge in [-0.1, -0.05) is 0 Å². The van der Waals surface area contributed by atoms with Crippen LogP contribution in [0.2, 0.25) is 0 Å². The van der Waals surface area contributed by atoms with Crippen LogP contribution in [0.5, 0.6) is 11.5 Å².